The number of hydrogen-bond donors (Lipinski definition) is 2. The molecule has 2 heterocycles. The summed E-state index contributed by atoms with van der Waals surface area (Å²) < 4.78 is 3.29. The Morgan fingerprint density at radius 1 is 1.25 bits per heavy atom. The van der Waals surface area contributed by atoms with Gasteiger partial charge >= 0.3 is 5.69 Å². The summed E-state index contributed by atoms with van der Waals surface area (Å²) in [6.07, 6.45) is 2.87. The molecule has 2 aromatic heterocycles. The minimum atomic E-state index is -0.168. The number of aromatic amines is 1. The van der Waals surface area contributed by atoms with Gasteiger partial charge in [-0.1, -0.05) is 18.2 Å². The smallest absolute Gasteiger partial charge is 0.325 e. The van der Waals surface area contributed by atoms with Crippen molar-refractivity contribution < 1.29 is 4.79 Å². The monoisotopic (exact) mass is 326 g/mol. The lowest BCUT2D eigenvalue weighted by Crippen LogP contribution is -2.21. The van der Waals surface area contributed by atoms with E-state index >= 15 is 0 Å². The molecule has 0 atom stereocenters. The number of hydrogen-bond acceptors (Lipinski definition) is 3. The number of fused-ring (bicyclic) bond motifs is 1. The fraction of sp³-hybridized carbons (Fsp3) is 0.333. The van der Waals surface area contributed by atoms with E-state index in [-0.39, 0.29) is 18.0 Å². The first-order chi connectivity index (χ1) is 11.5. The van der Waals surface area contributed by atoms with Crippen molar-refractivity contribution in [3.63, 3.8) is 0 Å². The van der Waals surface area contributed by atoms with Crippen LogP contribution in [-0.4, -0.2) is 26.6 Å². The zero-order chi connectivity index (χ0) is 17.3. The maximum absolute atomic E-state index is 12.7. The summed E-state index contributed by atoms with van der Waals surface area (Å²) in [4.78, 5) is 27.3. The number of aromatic nitrogens is 3. The number of aryl methyl sites for hydroxylation is 1. The first-order valence-electron chi connectivity index (χ1n) is 8.11. The molecule has 0 aliphatic rings. The SMILES string of the molecule is Cc1[nH]c(=O)n(CCC(=O)n2cc(CCN)c3ccccc32)c1C. The zero-order valence-electron chi connectivity index (χ0n) is 14.0. The molecule has 24 heavy (non-hydrogen) atoms. The van der Waals surface area contributed by atoms with Gasteiger partial charge in [0.2, 0.25) is 5.91 Å². The number of rotatable bonds is 5. The predicted molar refractivity (Wildman–Crippen MR) is 94.5 cm³/mol. The van der Waals surface area contributed by atoms with Crippen LogP contribution in [0.2, 0.25) is 0 Å². The number of nitrogens with zero attached hydrogens (tertiary/aromatic N) is 2. The Balaban J connectivity index is 1.88. The van der Waals surface area contributed by atoms with E-state index in [9.17, 15) is 9.59 Å². The van der Waals surface area contributed by atoms with Crippen molar-refractivity contribution in [3.8, 4) is 0 Å². The molecule has 6 nitrogen and oxygen atoms in total. The van der Waals surface area contributed by atoms with Crippen LogP contribution in [0.4, 0.5) is 0 Å². The van der Waals surface area contributed by atoms with E-state index in [0.29, 0.717) is 13.1 Å². The van der Waals surface area contributed by atoms with Gasteiger partial charge in [0.1, 0.15) is 0 Å². The highest BCUT2D eigenvalue weighted by Crippen LogP contribution is 2.22. The second-order valence-electron chi connectivity index (χ2n) is 6.02. The third-order valence-electron chi connectivity index (χ3n) is 4.51. The molecule has 3 N–H and O–H groups in total. The fourth-order valence-electron chi connectivity index (χ4n) is 3.08. The van der Waals surface area contributed by atoms with E-state index in [1.165, 1.54) is 0 Å². The summed E-state index contributed by atoms with van der Waals surface area (Å²) in [5.41, 5.74) is 9.18. The van der Waals surface area contributed by atoms with Crippen LogP contribution in [-0.2, 0) is 13.0 Å². The lowest BCUT2D eigenvalue weighted by molar-refractivity contribution is 0.0901. The molecular weight excluding hydrogens is 304 g/mol. The Morgan fingerprint density at radius 2 is 2.00 bits per heavy atom. The Labute approximate surface area is 139 Å². The topological polar surface area (TPSA) is 85.8 Å². The van der Waals surface area contributed by atoms with Crippen LogP contribution in [0.5, 0.6) is 0 Å². The van der Waals surface area contributed by atoms with Crippen LogP contribution in [0.3, 0.4) is 0 Å². The number of carbonyl (C=O) groups is 1. The number of nitrogens with one attached hydrogen (secondary N) is 1. The van der Waals surface area contributed by atoms with Crippen LogP contribution in [0.1, 0.15) is 28.2 Å². The average Bonchev–Trinajstić information content (AvgIpc) is 3.05. The molecule has 0 unspecified atom stereocenters. The molecule has 126 valence electrons. The highest BCUT2D eigenvalue weighted by molar-refractivity contribution is 5.94. The molecule has 0 radical (unpaired) electrons. The average molecular weight is 326 g/mol. The van der Waals surface area contributed by atoms with Crippen molar-refractivity contribution in [2.45, 2.75) is 33.2 Å². The molecule has 1 aromatic carbocycles. The molecule has 3 rings (SSSR count). The van der Waals surface area contributed by atoms with Gasteiger partial charge in [0.15, 0.2) is 0 Å². The summed E-state index contributed by atoms with van der Waals surface area (Å²) in [7, 11) is 0. The van der Waals surface area contributed by atoms with E-state index in [4.69, 9.17) is 5.73 Å². The summed E-state index contributed by atoms with van der Waals surface area (Å²) >= 11 is 0. The lowest BCUT2D eigenvalue weighted by atomic mass is 10.1. The molecule has 0 aliphatic heterocycles. The highest BCUT2D eigenvalue weighted by atomic mass is 16.2. The van der Waals surface area contributed by atoms with Crippen LogP contribution >= 0.6 is 0 Å². The first-order valence-corrected chi connectivity index (χ1v) is 8.11. The van der Waals surface area contributed by atoms with Gasteiger partial charge in [0, 0.05) is 35.9 Å². The van der Waals surface area contributed by atoms with Gasteiger partial charge < -0.3 is 10.7 Å². The Kier molecular flexibility index (Phi) is 4.40. The van der Waals surface area contributed by atoms with E-state index < -0.39 is 0 Å². The quantitative estimate of drug-likeness (QED) is 0.752. The van der Waals surface area contributed by atoms with Crippen molar-refractivity contribution >= 4 is 16.8 Å². The Hall–Kier alpha value is -2.60. The molecule has 0 spiro atoms. The molecule has 0 fully saturated rings. The summed E-state index contributed by atoms with van der Waals surface area (Å²) in [6, 6.07) is 7.82. The number of nitrogens with two attached hydrogens (primary N) is 1. The van der Waals surface area contributed by atoms with Crippen molar-refractivity contribution in [2.75, 3.05) is 6.54 Å². The maximum atomic E-state index is 12.7. The Morgan fingerprint density at radius 3 is 2.67 bits per heavy atom. The molecule has 0 saturated carbocycles. The van der Waals surface area contributed by atoms with Crippen molar-refractivity contribution in [2.24, 2.45) is 5.73 Å². The van der Waals surface area contributed by atoms with Gasteiger partial charge in [-0.2, -0.15) is 0 Å². The number of benzene rings is 1. The summed E-state index contributed by atoms with van der Waals surface area (Å²) in [6.45, 7) is 4.64. The van der Waals surface area contributed by atoms with Gasteiger partial charge in [0.05, 0.1) is 5.52 Å². The minimum absolute atomic E-state index is 0.0281. The zero-order valence-corrected chi connectivity index (χ0v) is 14.0. The molecule has 0 amide bonds. The third-order valence-corrected chi connectivity index (χ3v) is 4.51. The van der Waals surface area contributed by atoms with Gasteiger partial charge in [0.25, 0.3) is 0 Å². The van der Waals surface area contributed by atoms with Crippen LogP contribution in [0.15, 0.2) is 35.3 Å². The van der Waals surface area contributed by atoms with Gasteiger partial charge in [-0.15, -0.1) is 0 Å². The first kappa shape index (κ1) is 16.3. The van der Waals surface area contributed by atoms with E-state index in [1.54, 1.807) is 9.13 Å². The lowest BCUT2D eigenvalue weighted by Gasteiger charge is -2.06. The standard InChI is InChI=1S/C18H22N4O2/c1-12-13(2)21(18(24)20-12)10-8-17(23)22-11-14(7-9-19)15-5-3-4-6-16(15)22/h3-6,11H,7-10,19H2,1-2H3,(H,20,24). The number of para-hydroxylation sites is 1. The van der Waals surface area contributed by atoms with Crippen molar-refractivity contribution in [1.82, 2.24) is 14.1 Å². The minimum Gasteiger partial charge on any atom is -0.330 e. The molecule has 0 bridgehead atoms. The number of carbonyl (C=O) groups excluding carboxylic acids is 1. The predicted octanol–water partition coefficient (Wildman–Crippen LogP) is 1.98. The van der Waals surface area contributed by atoms with E-state index in [0.717, 1.165) is 34.3 Å². The van der Waals surface area contributed by atoms with Gasteiger partial charge in [-0.3, -0.25) is 13.9 Å². The Bertz CT molecular complexity index is 946. The van der Waals surface area contributed by atoms with Gasteiger partial charge in [-0.05, 0) is 38.4 Å². The highest BCUT2D eigenvalue weighted by Gasteiger charge is 2.14. The second kappa shape index (κ2) is 6.49. The van der Waals surface area contributed by atoms with E-state index in [1.807, 2.05) is 44.3 Å². The third kappa shape index (κ3) is 2.80. The van der Waals surface area contributed by atoms with Crippen molar-refractivity contribution in [1.29, 1.82) is 0 Å². The summed E-state index contributed by atoms with van der Waals surface area (Å²) in [5, 5.41) is 1.06. The number of imidazole rings is 1. The van der Waals surface area contributed by atoms with Crippen LogP contribution in [0, 0.1) is 13.8 Å². The molecule has 6 heteroatoms. The van der Waals surface area contributed by atoms with E-state index in [2.05, 4.69) is 4.98 Å². The normalized spacial score (nSPS) is 11.3. The molecule has 0 saturated heterocycles. The van der Waals surface area contributed by atoms with Gasteiger partial charge in [-0.25, -0.2) is 4.79 Å². The summed E-state index contributed by atoms with van der Waals surface area (Å²) in [5.74, 6) is -0.0281. The van der Waals surface area contributed by atoms with Crippen LogP contribution in [0.25, 0.3) is 10.9 Å². The molecular formula is C18H22N4O2. The fourth-order valence-corrected chi connectivity index (χ4v) is 3.08. The second-order valence-corrected chi connectivity index (χ2v) is 6.02. The van der Waals surface area contributed by atoms with Crippen LogP contribution < -0.4 is 11.4 Å². The molecule has 3 aromatic rings. The largest absolute Gasteiger partial charge is 0.330 e. The van der Waals surface area contributed by atoms with Crippen molar-refractivity contribution in [3.05, 3.63) is 57.9 Å². The number of H-pyrrole nitrogens is 1. The maximum Gasteiger partial charge on any atom is 0.325 e. The molecule has 0 aliphatic carbocycles.